The summed E-state index contributed by atoms with van der Waals surface area (Å²) in [6.07, 6.45) is 0. The highest BCUT2D eigenvalue weighted by atomic mass is 32.2. The first-order valence-electron chi connectivity index (χ1n) is 5.70. The van der Waals surface area contributed by atoms with Crippen LogP contribution in [0.2, 0.25) is 0 Å². The van der Waals surface area contributed by atoms with Gasteiger partial charge in [0.15, 0.2) is 5.52 Å². The second kappa shape index (κ2) is 4.64. The van der Waals surface area contributed by atoms with Gasteiger partial charge in [-0.3, -0.25) is 19.0 Å². The van der Waals surface area contributed by atoms with Crippen molar-refractivity contribution >= 4 is 22.8 Å². The molecular formula is C11H16N4O2S. The van der Waals surface area contributed by atoms with Gasteiger partial charge in [0.2, 0.25) is 0 Å². The van der Waals surface area contributed by atoms with E-state index in [1.165, 1.54) is 9.25 Å². The summed E-state index contributed by atoms with van der Waals surface area (Å²) in [6.45, 7) is 4.23. The van der Waals surface area contributed by atoms with E-state index in [1.54, 1.807) is 25.9 Å². The van der Waals surface area contributed by atoms with Gasteiger partial charge < -0.3 is 0 Å². The summed E-state index contributed by atoms with van der Waals surface area (Å²) in [7, 11) is 3.35. The van der Waals surface area contributed by atoms with E-state index in [2.05, 4.69) is 23.9 Å². The number of rotatable bonds is 3. The van der Waals surface area contributed by atoms with Crippen LogP contribution < -0.4 is 11.2 Å². The molecule has 0 atom stereocenters. The van der Waals surface area contributed by atoms with Crippen molar-refractivity contribution in [1.82, 2.24) is 19.3 Å². The molecule has 0 saturated carbocycles. The van der Waals surface area contributed by atoms with Crippen molar-refractivity contribution in [1.29, 1.82) is 0 Å². The Morgan fingerprint density at radius 3 is 2.56 bits per heavy atom. The number of aromatic amines is 1. The lowest BCUT2D eigenvalue weighted by Crippen LogP contribution is -2.28. The van der Waals surface area contributed by atoms with Gasteiger partial charge in [-0.25, -0.2) is 4.79 Å². The molecule has 0 saturated heterocycles. The number of nitrogens with zero attached hydrogens (tertiary/aromatic N) is 3. The Hall–Kier alpha value is -1.50. The van der Waals surface area contributed by atoms with E-state index in [9.17, 15) is 9.59 Å². The molecule has 2 rings (SSSR count). The van der Waals surface area contributed by atoms with Crippen molar-refractivity contribution in [2.45, 2.75) is 18.9 Å². The zero-order chi connectivity index (χ0) is 13.4. The SMILES string of the molecule is CC(C)CSc1nn(C)c2c(=O)[nH]c(=O)n(C)c12. The van der Waals surface area contributed by atoms with Gasteiger partial charge in [-0.2, -0.15) is 5.10 Å². The van der Waals surface area contributed by atoms with Crippen molar-refractivity contribution in [3.05, 3.63) is 20.8 Å². The molecule has 2 aromatic heterocycles. The fourth-order valence-corrected chi connectivity index (χ4v) is 2.77. The molecule has 7 heteroatoms. The molecule has 2 aromatic rings. The quantitative estimate of drug-likeness (QED) is 0.832. The lowest BCUT2D eigenvalue weighted by atomic mass is 10.3. The second-order valence-corrected chi connectivity index (χ2v) is 5.66. The largest absolute Gasteiger partial charge is 0.328 e. The Morgan fingerprint density at radius 1 is 1.28 bits per heavy atom. The first kappa shape index (κ1) is 12.9. The molecule has 2 heterocycles. The third kappa shape index (κ3) is 2.10. The number of fused-ring (bicyclic) bond motifs is 1. The van der Waals surface area contributed by atoms with Crippen LogP contribution in [0, 0.1) is 5.92 Å². The highest BCUT2D eigenvalue weighted by molar-refractivity contribution is 7.99. The first-order chi connectivity index (χ1) is 8.41. The van der Waals surface area contributed by atoms with Gasteiger partial charge in [-0.1, -0.05) is 13.8 Å². The van der Waals surface area contributed by atoms with E-state index in [4.69, 9.17) is 0 Å². The maximum absolute atomic E-state index is 11.8. The Balaban J connectivity index is 2.69. The number of aryl methyl sites for hydroxylation is 2. The summed E-state index contributed by atoms with van der Waals surface area (Å²) >= 11 is 1.57. The maximum atomic E-state index is 11.8. The molecule has 0 unspecified atom stereocenters. The van der Waals surface area contributed by atoms with Crippen LogP contribution in [0.5, 0.6) is 0 Å². The average molecular weight is 268 g/mol. The van der Waals surface area contributed by atoms with E-state index in [1.807, 2.05) is 0 Å². The van der Waals surface area contributed by atoms with Crippen molar-refractivity contribution < 1.29 is 0 Å². The minimum Gasteiger partial charge on any atom is -0.292 e. The third-order valence-electron chi connectivity index (χ3n) is 2.62. The number of nitrogens with one attached hydrogen (secondary N) is 1. The zero-order valence-corrected chi connectivity index (χ0v) is 11.7. The molecule has 98 valence electrons. The van der Waals surface area contributed by atoms with Crippen LogP contribution in [0.1, 0.15) is 13.8 Å². The van der Waals surface area contributed by atoms with Gasteiger partial charge in [0.05, 0.1) is 0 Å². The monoisotopic (exact) mass is 268 g/mol. The van der Waals surface area contributed by atoms with E-state index in [0.717, 1.165) is 10.8 Å². The van der Waals surface area contributed by atoms with Gasteiger partial charge in [0.25, 0.3) is 5.56 Å². The number of hydrogen-bond donors (Lipinski definition) is 1. The molecule has 0 spiro atoms. The molecule has 18 heavy (non-hydrogen) atoms. The minimum atomic E-state index is -0.410. The topological polar surface area (TPSA) is 72.7 Å². The number of hydrogen-bond acceptors (Lipinski definition) is 4. The van der Waals surface area contributed by atoms with E-state index < -0.39 is 5.69 Å². The van der Waals surface area contributed by atoms with Gasteiger partial charge in [-0.15, -0.1) is 11.8 Å². The lowest BCUT2D eigenvalue weighted by molar-refractivity contribution is 0.740. The van der Waals surface area contributed by atoms with Crippen molar-refractivity contribution in [3.63, 3.8) is 0 Å². The smallest absolute Gasteiger partial charge is 0.292 e. The lowest BCUT2D eigenvalue weighted by Gasteiger charge is -2.03. The van der Waals surface area contributed by atoms with Crippen LogP contribution in [0.3, 0.4) is 0 Å². The molecule has 0 amide bonds. The molecule has 0 aromatic carbocycles. The fourth-order valence-electron chi connectivity index (χ4n) is 1.73. The summed E-state index contributed by atoms with van der Waals surface area (Å²) in [4.78, 5) is 25.7. The molecule has 6 nitrogen and oxygen atoms in total. The van der Waals surface area contributed by atoms with E-state index in [-0.39, 0.29) is 5.56 Å². The standard InChI is InChI=1S/C11H16N4O2S/c1-6(2)5-18-10-8-7(15(4)13-10)9(16)12-11(17)14(8)3/h6H,5H2,1-4H3,(H,12,16,17). The fraction of sp³-hybridized carbons (Fsp3) is 0.545. The highest BCUT2D eigenvalue weighted by Crippen LogP contribution is 2.25. The van der Waals surface area contributed by atoms with Crippen LogP contribution >= 0.6 is 11.8 Å². The summed E-state index contributed by atoms with van der Waals surface area (Å²) in [5.74, 6) is 1.42. The van der Waals surface area contributed by atoms with Crippen LogP contribution in [0.15, 0.2) is 14.6 Å². The van der Waals surface area contributed by atoms with Gasteiger partial charge in [-0.05, 0) is 5.92 Å². The number of H-pyrrole nitrogens is 1. The van der Waals surface area contributed by atoms with Crippen molar-refractivity contribution in [2.75, 3.05) is 5.75 Å². The Bertz CT molecular complexity index is 695. The highest BCUT2D eigenvalue weighted by Gasteiger charge is 2.16. The molecule has 0 bridgehead atoms. The summed E-state index contributed by atoms with van der Waals surface area (Å²) in [5.41, 5.74) is 0.242. The Morgan fingerprint density at radius 2 is 1.94 bits per heavy atom. The molecular weight excluding hydrogens is 252 g/mol. The molecule has 0 fully saturated rings. The summed E-state index contributed by atoms with van der Waals surface area (Å²) in [6, 6.07) is 0. The Labute approximate surface area is 108 Å². The average Bonchev–Trinajstić information content (AvgIpc) is 2.61. The number of aromatic nitrogens is 4. The second-order valence-electron chi connectivity index (χ2n) is 4.65. The molecule has 0 aliphatic heterocycles. The normalized spacial score (nSPS) is 11.6. The van der Waals surface area contributed by atoms with Crippen LogP contribution in [0.25, 0.3) is 11.0 Å². The van der Waals surface area contributed by atoms with Crippen molar-refractivity contribution in [3.8, 4) is 0 Å². The summed E-state index contributed by atoms with van der Waals surface area (Å²) < 4.78 is 2.96. The van der Waals surface area contributed by atoms with Crippen LogP contribution in [-0.4, -0.2) is 25.1 Å². The van der Waals surface area contributed by atoms with E-state index in [0.29, 0.717) is 17.0 Å². The van der Waals surface area contributed by atoms with Crippen LogP contribution in [0.4, 0.5) is 0 Å². The minimum absolute atomic E-state index is 0.389. The van der Waals surface area contributed by atoms with Gasteiger partial charge in [0, 0.05) is 19.8 Å². The Kier molecular flexibility index (Phi) is 3.34. The third-order valence-corrected chi connectivity index (χ3v) is 4.00. The first-order valence-corrected chi connectivity index (χ1v) is 6.69. The van der Waals surface area contributed by atoms with Crippen molar-refractivity contribution in [2.24, 2.45) is 20.0 Å². The predicted octanol–water partition coefficient (Wildman–Crippen LogP) is 0.708. The predicted molar refractivity (Wildman–Crippen MR) is 72.1 cm³/mol. The molecule has 0 aliphatic rings. The summed E-state index contributed by atoms with van der Waals surface area (Å²) in [5, 5.41) is 5.05. The van der Waals surface area contributed by atoms with Gasteiger partial charge in [0.1, 0.15) is 10.5 Å². The van der Waals surface area contributed by atoms with Gasteiger partial charge >= 0.3 is 5.69 Å². The number of thioether (sulfide) groups is 1. The molecule has 0 aliphatic carbocycles. The van der Waals surface area contributed by atoms with Crippen LogP contribution in [-0.2, 0) is 14.1 Å². The van der Waals surface area contributed by atoms with E-state index >= 15 is 0 Å². The zero-order valence-electron chi connectivity index (χ0n) is 10.9. The molecule has 1 N–H and O–H groups in total. The molecule has 0 radical (unpaired) electrons. The maximum Gasteiger partial charge on any atom is 0.328 e.